The highest BCUT2D eigenvalue weighted by Crippen LogP contribution is 2.28. The summed E-state index contributed by atoms with van der Waals surface area (Å²) < 4.78 is 10.9. The monoisotopic (exact) mass is 476 g/mol. The van der Waals surface area contributed by atoms with Crippen LogP contribution in [0, 0.1) is 5.92 Å². The maximum absolute atomic E-state index is 12.6. The van der Waals surface area contributed by atoms with Gasteiger partial charge in [0.05, 0.1) is 17.9 Å². The predicted octanol–water partition coefficient (Wildman–Crippen LogP) is 3.13. The van der Waals surface area contributed by atoms with Crippen molar-refractivity contribution < 1.29 is 23.9 Å². The molecule has 3 aromatic rings. The second-order valence-corrected chi connectivity index (χ2v) is 8.26. The van der Waals surface area contributed by atoms with E-state index in [4.69, 9.17) is 20.2 Å². The first-order chi connectivity index (χ1) is 17.0. The minimum absolute atomic E-state index is 0.0990. The van der Waals surface area contributed by atoms with E-state index in [9.17, 15) is 14.4 Å². The number of pyridine rings is 1. The largest absolute Gasteiger partial charge is 0.481 e. The molecule has 1 saturated heterocycles. The highest BCUT2D eigenvalue weighted by atomic mass is 16.5. The van der Waals surface area contributed by atoms with E-state index in [1.54, 1.807) is 37.3 Å². The quantitative estimate of drug-likeness (QED) is 0.479. The summed E-state index contributed by atoms with van der Waals surface area (Å²) in [4.78, 5) is 43.1. The van der Waals surface area contributed by atoms with E-state index in [0.717, 1.165) is 11.2 Å². The van der Waals surface area contributed by atoms with Crippen molar-refractivity contribution in [2.75, 3.05) is 36.5 Å². The lowest BCUT2D eigenvalue weighted by atomic mass is 9.96. The van der Waals surface area contributed by atoms with Gasteiger partial charge >= 0.3 is 5.97 Å². The average Bonchev–Trinajstić information content (AvgIpc) is 2.87. The summed E-state index contributed by atoms with van der Waals surface area (Å²) in [5, 5.41) is 3.59. The van der Waals surface area contributed by atoms with Crippen molar-refractivity contribution in [2.45, 2.75) is 19.8 Å². The number of esters is 1. The summed E-state index contributed by atoms with van der Waals surface area (Å²) in [6, 6.07) is 16.1. The predicted molar refractivity (Wildman–Crippen MR) is 132 cm³/mol. The first-order valence-corrected chi connectivity index (χ1v) is 11.6. The van der Waals surface area contributed by atoms with Crippen LogP contribution in [-0.2, 0) is 14.3 Å². The molecular formula is C26H28N4O5. The Morgan fingerprint density at radius 1 is 1.06 bits per heavy atom. The molecule has 182 valence electrons. The van der Waals surface area contributed by atoms with Gasteiger partial charge in [-0.3, -0.25) is 9.59 Å². The maximum Gasteiger partial charge on any atom is 0.340 e. The molecule has 0 aliphatic carbocycles. The highest BCUT2D eigenvalue weighted by Gasteiger charge is 2.24. The fraction of sp³-hybridized carbons (Fsp3) is 0.308. The molecule has 9 heteroatoms. The Morgan fingerprint density at radius 3 is 2.57 bits per heavy atom. The number of carbonyl (C=O) groups is 3. The third-order valence-electron chi connectivity index (χ3n) is 5.95. The van der Waals surface area contributed by atoms with Crippen LogP contribution in [0.1, 0.15) is 30.1 Å². The van der Waals surface area contributed by atoms with Gasteiger partial charge in [-0.05, 0) is 50.1 Å². The van der Waals surface area contributed by atoms with Crippen LogP contribution in [0.3, 0.4) is 0 Å². The molecule has 1 fully saturated rings. The molecule has 0 atom stereocenters. The van der Waals surface area contributed by atoms with Crippen molar-refractivity contribution in [3.8, 4) is 5.75 Å². The minimum atomic E-state index is -0.505. The first-order valence-electron chi connectivity index (χ1n) is 11.6. The zero-order valence-corrected chi connectivity index (χ0v) is 19.5. The van der Waals surface area contributed by atoms with Crippen LogP contribution in [0.15, 0.2) is 54.6 Å². The number of nitrogens with two attached hydrogens (primary N) is 1. The van der Waals surface area contributed by atoms with E-state index in [2.05, 4.69) is 10.2 Å². The Labute approximate surface area is 203 Å². The molecule has 2 amide bonds. The molecular weight excluding hydrogens is 448 g/mol. The van der Waals surface area contributed by atoms with Crippen molar-refractivity contribution in [1.82, 2.24) is 4.98 Å². The molecule has 0 spiro atoms. The minimum Gasteiger partial charge on any atom is -0.481 e. The van der Waals surface area contributed by atoms with Gasteiger partial charge in [-0.1, -0.05) is 24.3 Å². The number of piperidine rings is 1. The number of carbonyl (C=O) groups excluding carboxylic acids is 3. The van der Waals surface area contributed by atoms with E-state index in [-0.39, 0.29) is 30.6 Å². The lowest BCUT2D eigenvalue weighted by molar-refractivity contribution is -0.122. The Hall–Kier alpha value is -4.14. The lowest BCUT2D eigenvalue weighted by Gasteiger charge is -2.31. The number of aromatic nitrogens is 1. The Morgan fingerprint density at radius 2 is 1.83 bits per heavy atom. The van der Waals surface area contributed by atoms with Gasteiger partial charge in [-0.15, -0.1) is 0 Å². The topological polar surface area (TPSA) is 124 Å². The Bertz CT molecular complexity index is 1240. The third kappa shape index (κ3) is 5.68. The van der Waals surface area contributed by atoms with E-state index < -0.39 is 11.9 Å². The SMILES string of the molecule is CCOC(=O)c1ccccc1NC(=O)COc1cccc2ccc(N3CCC(C(N)=O)CC3)nc12. The second kappa shape index (κ2) is 10.9. The van der Waals surface area contributed by atoms with E-state index in [1.165, 1.54) is 0 Å². The van der Waals surface area contributed by atoms with Gasteiger partial charge in [0.2, 0.25) is 5.91 Å². The second-order valence-electron chi connectivity index (χ2n) is 8.26. The summed E-state index contributed by atoms with van der Waals surface area (Å²) in [5.74, 6) is -0.0130. The van der Waals surface area contributed by atoms with Gasteiger partial charge in [0.25, 0.3) is 5.91 Å². The maximum atomic E-state index is 12.6. The first kappa shape index (κ1) is 24.0. The van der Waals surface area contributed by atoms with Crippen molar-refractivity contribution >= 4 is 40.2 Å². The number of anilines is 2. The fourth-order valence-electron chi connectivity index (χ4n) is 4.10. The number of nitrogens with one attached hydrogen (secondary N) is 1. The molecule has 1 aliphatic heterocycles. The molecule has 0 radical (unpaired) electrons. The van der Waals surface area contributed by atoms with Crippen LogP contribution in [0.4, 0.5) is 11.5 Å². The zero-order chi connectivity index (χ0) is 24.8. The molecule has 35 heavy (non-hydrogen) atoms. The standard InChI is InChI=1S/C26H28N4O5/c1-2-34-26(33)19-7-3-4-8-20(19)28-23(31)16-35-21-9-5-6-17-10-11-22(29-24(17)21)30-14-12-18(13-15-30)25(27)32/h3-11,18H,2,12-16H2,1H3,(H2,27,32)(H,28,31). The van der Waals surface area contributed by atoms with Gasteiger partial charge in [-0.2, -0.15) is 0 Å². The number of nitrogens with zero attached hydrogens (tertiary/aromatic N) is 2. The number of benzene rings is 2. The van der Waals surface area contributed by atoms with Gasteiger partial charge in [0, 0.05) is 24.4 Å². The van der Waals surface area contributed by atoms with E-state index in [0.29, 0.717) is 42.9 Å². The van der Waals surface area contributed by atoms with Gasteiger partial charge < -0.3 is 25.4 Å². The molecule has 2 heterocycles. The highest BCUT2D eigenvalue weighted by molar-refractivity contribution is 6.01. The number of ether oxygens (including phenoxy) is 2. The molecule has 0 bridgehead atoms. The number of rotatable bonds is 8. The van der Waals surface area contributed by atoms with E-state index >= 15 is 0 Å². The molecule has 0 saturated carbocycles. The molecule has 0 unspecified atom stereocenters. The van der Waals surface area contributed by atoms with Crippen molar-refractivity contribution in [2.24, 2.45) is 11.7 Å². The summed E-state index contributed by atoms with van der Waals surface area (Å²) in [7, 11) is 0. The fourth-order valence-corrected chi connectivity index (χ4v) is 4.10. The van der Waals surface area contributed by atoms with Gasteiger partial charge in [-0.25, -0.2) is 9.78 Å². The van der Waals surface area contributed by atoms with Gasteiger partial charge in [0.1, 0.15) is 17.1 Å². The normalized spacial score (nSPS) is 13.9. The average molecular weight is 477 g/mol. The van der Waals surface area contributed by atoms with E-state index in [1.807, 2.05) is 24.3 Å². The van der Waals surface area contributed by atoms with Crippen LogP contribution < -0.4 is 20.7 Å². The number of para-hydroxylation sites is 2. The van der Waals surface area contributed by atoms with Crippen LogP contribution >= 0.6 is 0 Å². The smallest absolute Gasteiger partial charge is 0.340 e. The molecule has 1 aliphatic rings. The third-order valence-corrected chi connectivity index (χ3v) is 5.95. The number of primary amides is 1. The summed E-state index contributed by atoms with van der Waals surface area (Å²) in [5.41, 5.74) is 6.72. The Balaban J connectivity index is 1.45. The zero-order valence-electron chi connectivity index (χ0n) is 19.5. The Kier molecular flexibility index (Phi) is 7.45. The summed E-state index contributed by atoms with van der Waals surface area (Å²) in [6.07, 6.45) is 1.39. The van der Waals surface area contributed by atoms with Crippen molar-refractivity contribution in [3.05, 3.63) is 60.2 Å². The lowest BCUT2D eigenvalue weighted by Crippen LogP contribution is -2.38. The van der Waals surface area contributed by atoms with Crippen LogP contribution in [-0.4, -0.2) is 49.1 Å². The number of amides is 2. The number of fused-ring (bicyclic) bond motifs is 1. The number of hydrogen-bond donors (Lipinski definition) is 2. The molecule has 9 nitrogen and oxygen atoms in total. The van der Waals surface area contributed by atoms with Gasteiger partial charge in [0.15, 0.2) is 6.61 Å². The summed E-state index contributed by atoms with van der Waals surface area (Å²) in [6.45, 7) is 3.09. The van der Waals surface area contributed by atoms with Crippen molar-refractivity contribution in [3.63, 3.8) is 0 Å². The number of hydrogen-bond acceptors (Lipinski definition) is 7. The molecule has 3 N–H and O–H groups in total. The van der Waals surface area contributed by atoms with Crippen LogP contribution in [0.2, 0.25) is 0 Å². The van der Waals surface area contributed by atoms with Crippen LogP contribution in [0.5, 0.6) is 5.75 Å². The molecule has 1 aromatic heterocycles. The van der Waals surface area contributed by atoms with Crippen LogP contribution in [0.25, 0.3) is 10.9 Å². The van der Waals surface area contributed by atoms with Crippen molar-refractivity contribution in [1.29, 1.82) is 0 Å². The molecule has 4 rings (SSSR count). The summed E-state index contributed by atoms with van der Waals surface area (Å²) >= 11 is 0. The molecule has 2 aromatic carbocycles.